The molecule has 1 atom stereocenters. The minimum absolute atomic E-state index is 0.513. The molecule has 0 bridgehead atoms. The molecule has 0 aliphatic carbocycles. The van der Waals surface area contributed by atoms with Crippen molar-refractivity contribution in [3.05, 3.63) is 107 Å². The van der Waals surface area contributed by atoms with Crippen LogP contribution in [0.5, 0.6) is 0 Å². The summed E-state index contributed by atoms with van der Waals surface area (Å²) < 4.78 is 0. The molecule has 1 N–H and O–H groups in total. The van der Waals surface area contributed by atoms with Crippen molar-refractivity contribution in [1.82, 2.24) is 5.32 Å². The Bertz CT molecular complexity index is 1050. The van der Waals surface area contributed by atoms with Gasteiger partial charge in [0.15, 0.2) is 0 Å². The zero-order chi connectivity index (χ0) is 18.7. The molecule has 0 saturated carbocycles. The summed E-state index contributed by atoms with van der Waals surface area (Å²) in [6.45, 7) is 0.531. The van der Waals surface area contributed by atoms with E-state index in [0.29, 0.717) is 17.7 Å². The number of nitriles is 1. The van der Waals surface area contributed by atoms with Gasteiger partial charge in [-0.2, -0.15) is 5.26 Å². The summed E-state index contributed by atoms with van der Waals surface area (Å²) in [5, 5.41) is 12.8. The predicted octanol–water partition coefficient (Wildman–Crippen LogP) is 3.66. The molecule has 1 unspecified atom stereocenters. The average molecular weight is 351 g/mol. The highest BCUT2D eigenvalue weighted by Gasteiger charge is 2.39. The number of carbonyl (C=O) groups excluding carboxylic acids is 1. The first-order chi connectivity index (χ1) is 13.2. The molecular formula is C23H17N3O. The van der Waals surface area contributed by atoms with E-state index >= 15 is 0 Å². The number of carbonyl (C=O) groups is 1. The fraction of sp³-hybridized carbons (Fsp3) is 0.0870. The third kappa shape index (κ3) is 3.00. The lowest BCUT2D eigenvalue weighted by Gasteiger charge is -2.31. The third-order valence-corrected chi connectivity index (χ3v) is 4.88. The summed E-state index contributed by atoms with van der Waals surface area (Å²) in [4.78, 5) is 15.8. The highest BCUT2D eigenvalue weighted by molar-refractivity contribution is 6.01. The normalized spacial score (nSPS) is 18.3. The van der Waals surface area contributed by atoms with Crippen molar-refractivity contribution in [2.24, 2.45) is 4.99 Å². The Morgan fingerprint density at radius 1 is 0.963 bits per heavy atom. The fourth-order valence-corrected chi connectivity index (χ4v) is 3.44. The van der Waals surface area contributed by atoms with Crippen molar-refractivity contribution in [3.8, 4) is 6.07 Å². The van der Waals surface area contributed by atoms with E-state index in [1.54, 1.807) is 6.07 Å². The molecule has 4 nitrogen and oxygen atoms in total. The quantitative estimate of drug-likeness (QED) is 0.730. The number of hydrogen-bond acceptors (Lipinski definition) is 4. The van der Waals surface area contributed by atoms with Crippen LogP contribution in [0.25, 0.3) is 0 Å². The number of nitrogens with one attached hydrogen (secondary N) is 1. The van der Waals surface area contributed by atoms with E-state index in [4.69, 9.17) is 4.99 Å². The number of hydrogen-bond donors (Lipinski definition) is 1. The van der Waals surface area contributed by atoms with Gasteiger partial charge in [-0.3, -0.25) is 9.79 Å². The lowest BCUT2D eigenvalue weighted by Crippen LogP contribution is -2.44. The van der Waals surface area contributed by atoms with Crippen LogP contribution in [0.15, 0.2) is 83.9 Å². The van der Waals surface area contributed by atoms with Crippen LogP contribution >= 0.6 is 0 Å². The first kappa shape index (κ1) is 16.7. The molecule has 3 aromatic rings. The predicted molar refractivity (Wildman–Crippen MR) is 105 cm³/mol. The number of aldehydes is 1. The minimum atomic E-state index is -0.513. The molecule has 3 aromatic carbocycles. The summed E-state index contributed by atoms with van der Waals surface area (Å²) in [6.07, 6.45) is 0.844. The standard InChI is InChI=1S/C23H17N3O/c24-14-18-5-4-6-19(13-18)22-25-16-23(26-22,20-7-2-1-3-8-20)21-11-9-17(15-27)10-12-21/h1-13,15H,16H2,(H,25,26). The number of aliphatic imine (C=N–C) groups is 1. The lowest BCUT2D eigenvalue weighted by molar-refractivity contribution is 0.112. The van der Waals surface area contributed by atoms with Gasteiger partial charge in [-0.15, -0.1) is 0 Å². The molecule has 1 aliphatic rings. The van der Waals surface area contributed by atoms with E-state index in [1.807, 2.05) is 60.7 Å². The lowest BCUT2D eigenvalue weighted by atomic mass is 9.83. The first-order valence-electron chi connectivity index (χ1n) is 8.69. The van der Waals surface area contributed by atoms with Crippen molar-refractivity contribution in [3.63, 3.8) is 0 Å². The fourth-order valence-electron chi connectivity index (χ4n) is 3.44. The first-order valence-corrected chi connectivity index (χ1v) is 8.69. The molecule has 0 amide bonds. The molecule has 0 radical (unpaired) electrons. The van der Waals surface area contributed by atoms with Gasteiger partial charge in [0.2, 0.25) is 0 Å². The second-order valence-electron chi connectivity index (χ2n) is 6.49. The van der Waals surface area contributed by atoms with Crippen LogP contribution in [0.4, 0.5) is 0 Å². The van der Waals surface area contributed by atoms with Gasteiger partial charge in [0.25, 0.3) is 0 Å². The zero-order valence-electron chi connectivity index (χ0n) is 14.6. The third-order valence-electron chi connectivity index (χ3n) is 4.88. The van der Waals surface area contributed by atoms with Crippen LogP contribution in [-0.2, 0) is 5.54 Å². The monoisotopic (exact) mass is 351 g/mol. The van der Waals surface area contributed by atoms with Gasteiger partial charge in [0.05, 0.1) is 18.2 Å². The molecule has 130 valence electrons. The smallest absolute Gasteiger partial charge is 0.150 e. The van der Waals surface area contributed by atoms with Gasteiger partial charge >= 0.3 is 0 Å². The Hall–Kier alpha value is -3.71. The van der Waals surface area contributed by atoms with E-state index in [9.17, 15) is 10.1 Å². The van der Waals surface area contributed by atoms with Gasteiger partial charge < -0.3 is 5.32 Å². The average Bonchev–Trinajstić information content (AvgIpc) is 3.21. The van der Waals surface area contributed by atoms with Gasteiger partial charge in [-0.05, 0) is 23.3 Å². The van der Waals surface area contributed by atoms with Crippen LogP contribution in [0.2, 0.25) is 0 Å². The summed E-state index contributed by atoms with van der Waals surface area (Å²) in [5.41, 5.74) is 3.75. The number of benzene rings is 3. The van der Waals surface area contributed by atoms with Gasteiger partial charge in [-0.1, -0.05) is 66.7 Å². The maximum atomic E-state index is 11.0. The van der Waals surface area contributed by atoms with E-state index in [-0.39, 0.29) is 0 Å². The van der Waals surface area contributed by atoms with E-state index in [0.717, 1.165) is 28.8 Å². The summed E-state index contributed by atoms with van der Waals surface area (Å²) in [5.74, 6) is 0.760. The molecule has 1 heterocycles. The Morgan fingerprint density at radius 3 is 2.41 bits per heavy atom. The van der Waals surface area contributed by atoms with Gasteiger partial charge in [0, 0.05) is 11.1 Å². The second kappa shape index (κ2) is 6.89. The van der Waals surface area contributed by atoms with Gasteiger partial charge in [-0.25, -0.2) is 0 Å². The van der Waals surface area contributed by atoms with Crippen LogP contribution in [0.1, 0.15) is 32.6 Å². The Morgan fingerprint density at radius 2 is 1.70 bits per heavy atom. The van der Waals surface area contributed by atoms with Crippen LogP contribution in [0, 0.1) is 11.3 Å². The maximum absolute atomic E-state index is 11.0. The Balaban J connectivity index is 1.77. The van der Waals surface area contributed by atoms with Crippen LogP contribution in [0.3, 0.4) is 0 Å². The highest BCUT2D eigenvalue weighted by Crippen LogP contribution is 2.34. The Labute approximate surface area is 157 Å². The molecule has 0 spiro atoms. The van der Waals surface area contributed by atoms with Crippen molar-refractivity contribution in [1.29, 1.82) is 5.26 Å². The number of nitrogens with zero attached hydrogens (tertiary/aromatic N) is 2. The molecule has 0 aromatic heterocycles. The largest absolute Gasteiger partial charge is 0.355 e. The van der Waals surface area contributed by atoms with Crippen molar-refractivity contribution in [2.45, 2.75) is 5.54 Å². The zero-order valence-corrected chi connectivity index (χ0v) is 14.6. The SMILES string of the molecule is N#Cc1cccc(C2=NCC(c3ccccc3)(c3ccc(C=O)cc3)N2)c1. The van der Waals surface area contributed by atoms with Crippen LogP contribution in [-0.4, -0.2) is 18.7 Å². The van der Waals surface area contributed by atoms with Crippen LogP contribution < -0.4 is 5.32 Å². The second-order valence-corrected chi connectivity index (χ2v) is 6.49. The van der Waals surface area contributed by atoms with Crippen molar-refractivity contribution >= 4 is 12.1 Å². The molecule has 1 aliphatic heterocycles. The van der Waals surface area contributed by atoms with E-state index in [1.165, 1.54) is 0 Å². The highest BCUT2D eigenvalue weighted by atomic mass is 16.1. The van der Waals surface area contributed by atoms with E-state index in [2.05, 4.69) is 23.5 Å². The van der Waals surface area contributed by atoms with Crippen molar-refractivity contribution < 1.29 is 4.79 Å². The molecule has 4 heteroatoms. The van der Waals surface area contributed by atoms with E-state index < -0.39 is 5.54 Å². The summed E-state index contributed by atoms with van der Waals surface area (Å²) >= 11 is 0. The molecule has 0 fully saturated rings. The molecule has 0 saturated heterocycles. The molecule has 4 rings (SSSR count). The summed E-state index contributed by atoms with van der Waals surface area (Å²) in [7, 11) is 0. The Kier molecular flexibility index (Phi) is 4.27. The number of rotatable bonds is 4. The topological polar surface area (TPSA) is 65.2 Å². The van der Waals surface area contributed by atoms with Gasteiger partial charge in [0.1, 0.15) is 17.7 Å². The minimum Gasteiger partial charge on any atom is -0.355 e. The summed E-state index contributed by atoms with van der Waals surface area (Å²) in [6, 6.07) is 27.3. The number of amidine groups is 1. The maximum Gasteiger partial charge on any atom is 0.150 e. The molecule has 27 heavy (non-hydrogen) atoms. The molecular weight excluding hydrogens is 334 g/mol. The van der Waals surface area contributed by atoms with Crippen molar-refractivity contribution in [2.75, 3.05) is 6.54 Å².